The first-order chi connectivity index (χ1) is 15.6. The lowest BCUT2D eigenvalue weighted by Gasteiger charge is -2.20. The third-order valence-electron chi connectivity index (χ3n) is 4.70. The lowest BCUT2D eigenvalue weighted by molar-refractivity contribution is -0.134. The number of aliphatic carboxylic acids is 1. The first kappa shape index (κ1) is 26.4. The monoisotopic (exact) mass is 596 g/mol. The molecule has 1 heterocycles. The van der Waals surface area contributed by atoms with E-state index in [0.29, 0.717) is 16.8 Å². The summed E-state index contributed by atoms with van der Waals surface area (Å²) in [6.45, 7) is 0.0527. The van der Waals surface area contributed by atoms with Crippen molar-refractivity contribution in [3.8, 4) is 11.3 Å². The summed E-state index contributed by atoms with van der Waals surface area (Å²) in [7, 11) is -9.75. The summed E-state index contributed by atoms with van der Waals surface area (Å²) < 4.78 is 64.8. The molecule has 0 spiro atoms. The van der Waals surface area contributed by atoms with Gasteiger partial charge in [0.2, 0.25) is 0 Å². The number of nitrogens with zero attached hydrogens (tertiary/aromatic N) is 1. The molecule has 0 saturated heterocycles. The SMILES string of the molecule is N=c1scc(-c2ccc(S(=O)(=O)CC(=O)O)cc2)n1Cc1ccc(C(F)(F)P(=O)(O)O)c(Br)c1. The maximum absolute atomic E-state index is 14.1. The third-order valence-corrected chi connectivity index (χ3v) is 8.74. The molecule has 4 N–H and O–H groups in total. The van der Waals surface area contributed by atoms with Gasteiger partial charge in [-0.2, -0.15) is 8.78 Å². The molecule has 0 aliphatic rings. The summed E-state index contributed by atoms with van der Waals surface area (Å²) in [5, 5.41) is 18.6. The summed E-state index contributed by atoms with van der Waals surface area (Å²) in [6.07, 6.45) is 0. The Labute approximate surface area is 204 Å². The zero-order valence-corrected chi connectivity index (χ0v) is 21.0. The van der Waals surface area contributed by atoms with E-state index in [1.54, 1.807) is 5.38 Å². The number of nitrogens with one attached hydrogen (secondary N) is 1. The number of benzene rings is 2. The van der Waals surface area contributed by atoms with E-state index in [4.69, 9.17) is 20.3 Å². The Kier molecular flexibility index (Phi) is 7.32. The van der Waals surface area contributed by atoms with Crippen LogP contribution in [0.15, 0.2) is 57.2 Å². The van der Waals surface area contributed by atoms with Gasteiger partial charge in [-0.05, 0) is 29.3 Å². The second-order valence-corrected chi connectivity index (χ2v) is 12.4. The number of alkyl halides is 2. The van der Waals surface area contributed by atoms with Crippen molar-refractivity contribution in [2.75, 3.05) is 5.75 Å². The van der Waals surface area contributed by atoms with E-state index in [9.17, 15) is 26.6 Å². The lowest BCUT2D eigenvalue weighted by Crippen LogP contribution is -2.17. The Morgan fingerprint density at radius 2 is 1.79 bits per heavy atom. The molecular weight excluding hydrogens is 581 g/mol. The van der Waals surface area contributed by atoms with Gasteiger partial charge >= 0.3 is 19.2 Å². The standard InChI is InChI=1S/C19H16BrF2N2O7PS2/c20-15-7-11(1-6-14(15)19(21,22)32(27,28)29)8-24-16(9-33-18(24)23)12-2-4-13(5-3-12)34(30,31)10-17(25)26/h1-7,9,23H,8,10H2,(H,25,26)(H2,27,28,29). The molecule has 34 heavy (non-hydrogen) atoms. The van der Waals surface area contributed by atoms with Crippen molar-refractivity contribution < 1.29 is 41.5 Å². The third kappa shape index (κ3) is 5.37. The summed E-state index contributed by atoms with van der Waals surface area (Å²) >= 11 is 4.01. The van der Waals surface area contributed by atoms with Crippen LogP contribution in [0.5, 0.6) is 0 Å². The second kappa shape index (κ2) is 9.44. The zero-order chi connectivity index (χ0) is 25.5. The fourth-order valence-electron chi connectivity index (χ4n) is 3.05. The molecule has 3 aromatic rings. The van der Waals surface area contributed by atoms with E-state index in [2.05, 4.69) is 15.9 Å². The van der Waals surface area contributed by atoms with Gasteiger partial charge in [0, 0.05) is 15.4 Å². The largest absolute Gasteiger partial charge is 0.480 e. The molecule has 0 bridgehead atoms. The van der Waals surface area contributed by atoms with Gasteiger partial charge in [-0.1, -0.05) is 40.2 Å². The summed E-state index contributed by atoms with van der Waals surface area (Å²) in [6, 6.07) is 8.88. The van der Waals surface area contributed by atoms with Crippen molar-refractivity contribution in [1.29, 1.82) is 5.41 Å². The van der Waals surface area contributed by atoms with Gasteiger partial charge in [0.25, 0.3) is 0 Å². The molecule has 1 aromatic heterocycles. The molecule has 15 heteroatoms. The van der Waals surface area contributed by atoms with E-state index in [0.717, 1.165) is 17.4 Å². The van der Waals surface area contributed by atoms with Crippen molar-refractivity contribution in [3.63, 3.8) is 0 Å². The molecule has 2 aromatic carbocycles. The van der Waals surface area contributed by atoms with Crippen molar-refractivity contribution in [3.05, 3.63) is 68.2 Å². The molecule has 3 rings (SSSR count). The smallest absolute Gasteiger partial charge is 0.399 e. The van der Waals surface area contributed by atoms with Crippen LogP contribution in [0.3, 0.4) is 0 Å². The highest BCUT2D eigenvalue weighted by molar-refractivity contribution is 9.10. The Morgan fingerprint density at radius 3 is 2.32 bits per heavy atom. The van der Waals surface area contributed by atoms with Crippen LogP contribution in [0.1, 0.15) is 11.1 Å². The van der Waals surface area contributed by atoms with Crippen LogP contribution in [0, 0.1) is 5.41 Å². The maximum Gasteiger partial charge on any atom is 0.399 e. The number of hydrogen-bond acceptors (Lipinski definition) is 6. The summed E-state index contributed by atoms with van der Waals surface area (Å²) in [5.41, 5.74) is -3.74. The van der Waals surface area contributed by atoms with Gasteiger partial charge in [0.15, 0.2) is 20.4 Å². The van der Waals surface area contributed by atoms with Gasteiger partial charge in [0.05, 0.1) is 17.1 Å². The second-order valence-electron chi connectivity index (χ2n) is 7.09. The van der Waals surface area contributed by atoms with Gasteiger partial charge < -0.3 is 19.5 Å². The van der Waals surface area contributed by atoms with E-state index in [1.807, 2.05) is 0 Å². The van der Waals surface area contributed by atoms with Crippen LogP contribution in [0.4, 0.5) is 8.78 Å². The number of hydrogen-bond donors (Lipinski definition) is 4. The predicted molar refractivity (Wildman–Crippen MR) is 122 cm³/mol. The molecule has 0 amide bonds. The first-order valence-electron chi connectivity index (χ1n) is 9.14. The number of sulfone groups is 1. The van der Waals surface area contributed by atoms with Crippen LogP contribution in [0.2, 0.25) is 0 Å². The highest BCUT2D eigenvalue weighted by atomic mass is 79.9. The van der Waals surface area contributed by atoms with Crippen molar-refractivity contribution in [2.24, 2.45) is 0 Å². The van der Waals surface area contributed by atoms with E-state index < -0.39 is 40.4 Å². The molecule has 0 fully saturated rings. The number of carboxylic acid groups (broad SMARTS) is 1. The fraction of sp³-hybridized carbons (Fsp3) is 0.158. The average molecular weight is 597 g/mol. The molecule has 0 saturated carbocycles. The number of thiazole rings is 1. The van der Waals surface area contributed by atoms with Crippen molar-refractivity contribution in [2.45, 2.75) is 17.1 Å². The maximum atomic E-state index is 14.1. The van der Waals surface area contributed by atoms with Crippen molar-refractivity contribution >= 4 is 50.7 Å². The fourth-order valence-corrected chi connectivity index (χ4v) is 6.20. The lowest BCUT2D eigenvalue weighted by atomic mass is 10.1. The highest BCUT2D eigenvalue weighted by Crippen LogP contribution is 2.60. The van der Waals surface area contributed by atoms with Crippen LogP contribution in [0.25, 0.3) is 11.3 Å². The van der Waals surface area contributed by atoms with Gasteiger partial charge in [-0.15, -0.1) is 11.3 Å². The van der Waals surface area contributed by atoms with Crippen LogP contribution >= 0.6 is 34.9 Å². The zero-order valence-electron chi connectivity index (χ0n) is 16.9. The molecular formula is C19H16BrF2N2O7PS2. The number of carboxylic acids is 1. The molecule has 0 atom stereocenters. The van der Waals surface area contributed by atoms with Crippen LogP contribution < -0.4 is 4.80 Å². The normalized spacial score (nSPS) is 12.6. The number of rotatable bonds is 8. The number of carbonyl (C=O) groups is 1. The summed E-state index contributed by atoms with van der Waals surface area (Å²) in [5.74, 6) is -2.53. The Bertz CT molecular complexity index is 1460. The molecule has 0 aliphatic carbocycles. The van der Waals surface area contributed by atoms with E-state index in [1.165, 1.54) is 41.0 Å². The van der Waals surface area contributed by atoms with Crippen LogP contribution in [-0.2, 0) is 31.4 Å². The van der Waals surface area contributed by atoms with Gasteiger partial charge in [0.1, 0.15) is 0 Å². The minimum absolute atomic E-state index is 0.0527. The Balaban J connectivity index is 1.93. The molecule has 182 valence electrons. The number of halogens is 3. The molecule has 0 aliphatic heterocycles. The molecule has 0 unspecified atom stereocenters. The van der Waals surface area contributed by atoms with Gasteiger partial charge in [-0.25, -0.2) is 8.42 Å². The molecule has 0 radical (unpaired) electrons. The van der Waals surface area contributed by atoms with E-state index in [-0.39, 0.29) is 20.7 Å². The van der Waals surface area contributed by atoms with Crippen molar-refractivity contribution in [1.82, 2.24) is 4.57 Å². The summed E-state index contributed by atoms with van der Waals surface area (Å²) in [4.78, 5) is 28.6. The predicted octanol–water partition coefficient (Wildman–Crippen LogP) is 3.59. The Hall–Kier alpha value is -2.22. The minimum atomic E-state index is -5.74. The van der Waals surface area contributed by atoms with E-state index >= 15 is 0 Å². The Morgan fingerprint density at radius 1 is 1.18 bits per heavy atom. The number of aromatic nitrogens is 1. The molecule has 9 nitrogen and oxygen atoms in total. The van der Waals surface area contributed by atoms with Gasteiger partial charge in [-0.3, -0.25) is 14.8 Å². The van der Waals surface area contributed by atoms with Crippen LogP contribution in [-0.4, -0.2) is 39.6 Å². The topological polar surface area (TPSA) is 158 Å². The quantitative estimate of drug-likeness (QED) is 0.289. The first-order valence-corrected chi connectivity index (χ1v) is 14.1. The minimum Gasteiger partial charge on any atom is -0.480 e. The highest BCUT2D eigenvalue weighted by Gasteiger charge is 2.51. The average Bonchev–Trinajstić information content (AvgIpc) is 3.06.